The summed E-state index contributed by atoms with van der Waals surface area (Å²) >= 11 is 0. The number of imidazole rings is 1. The van der Waals surface area contributed by atoms with E-state index in [0.29, 0.717) is 6.54 Å². The summed E-state index contributed by atoms with van der Waals surface area (Å²) in [6, 6.07) is -0.327. The van der Waals surface area contributed by atoms with Crippen LogP contribution in [-0.4, -0.2) is 38.1 Å². The van der Waals surface area contributed by atoms with Crippen LogP contribution in [0.2, 0.25) is 0 Å². The van der Waals surface area contributed by atoms with Gasteiger partial charge >= 0.3 is 5.97 Å². The summed E-state index contributed by atoms with van der Waals surface area (Å²) in [5, 5.41) is 9.00. The zero-order valence-corrected chi connectivity index (χ0v) is 8.76. The van der Waals surface area contributed by atoms with Gasteiger partial charge in [0.25, 0.3) is 0 Å². The van der Waals surface area contributed by atoms with Gasteiger partial charge in [-0.2, -0.15) is 0 Å². The first-order valence-electron chi connectivity index (χ1n) is 5.10. The van der Waals surface area contributed by atoms with Crippen LogP contribution in [0.4, 0.5) is 0 Å². The molecule has 2 heterocycles. The molecule has 1 N–H and O–H groups in total. The average molecular weight is 209 g/mol. The fraction of sp³-hybridized carbons (Fsp3) is 0.600. The molecule has 0 amide bonds. The van der Waals surface area contributed by atoms with E-state index in [0.717, 1.165) is 25.1 Å². The number of rotatable bonds is 3. The minimum atomic E-state index is -0.719. The van der Waals surface area contributed by atoms with Crippen molar-refractivity contribution in [2.75, 3.05) is 6.54 Å². The maximum atomic E-state index is 10.9. The number of aryl methyl sites for hydroxylation is 1. The van der Waals surface area contributed by atoms with E-state index < -0.39 is 5.97 Å². The molecular formula is C10H15N3O2. The maximum absolute atomic E-state index is 10.9. The lowest BCUT2D eigenvalue weighted by atomic mass is 10.2. The second kappa shape index (κ2) is 4.02. The minimum Gasteiger partial charge on any atom is -0.480 e. The number of aromatic nitrogens is 2. The third kappa shape index (κ3) is 2.18. The Labute approximate surface area is 88.3 Å². The molecule has 0 aromatic carbocycles. The van der Waals surface area contributed by atoms with Crippen molar-refractivity contribution in [3.05, 3.63) is 18.2 Å². The third-order valence-corrected chi connectivity index (χ3v) is 2.77. The van der Waals surface area contributed by atoms with Crippen LogP contribution in [0.15, 0.2) is 12.5 Å². The van der Waals surface area contributed by atoms with E-state index in [2.05, 4.69) is 4.98 Å². The van der Waals surface area contributed by atoms with Crippen LogP contribution in [0.3, 0.4) is 0 Å². The van der Waals surface area contributed by atoms with Crippen molar-refractivity contribution in [1.82, 2.24) is 14.5 Å². The van der Waals surface area contributed by atoms with Crippen molar-refractivity contribution >= 4 is 5.97 Å². The number of hydrogen-bond donors (Lipinski definition) is 1. The van der Waals surface area contributed by atoms with Crippen LogP contribution >= 0.6 is 0 Å². The van der Waals surface area contributed by atoms with Crippen LogP contribution in [0, 0.1) is 0 Å². The Balaban J connectivity index is 2.02. The topological polar surface area (TPSA) is 58.4 Å². The van der Waals surface area contributed by atoms with Gasteiger partial charge < -0.3 is 9.67 Å². The van der Waals surface area contributed by atoms with Crippen molar-refractivity contribution in [3.8, 4) is 0 Å². The number of carbonyl (C=O) groups is 1. The van der Waals surface area contributed by atoms with Crippen LogP contribution in [0.5, 0.6) is 0 Å². The first-order chi connectivity index (χ1) is 7.16. The summed E-state index contributed by atoms with van der Waals surface area (Å²) in [5.74, 6) is -0.719. The van der Waals surface area contributed by atoms with Crippen LogP contribution in [0.25, 0.3) is 0 Å². The highest BCUT2D eigenvalue weighted by atomic mass is 16.4. The Hall–Kier alpha value is -1.36. The molecule has 15 heavy (non-hydrogen) atoms. The van der Waals surface area contributed by atoms with Crippen molar-refractivity contribution < 1.29 is 9.90 Å². The highest BCUT2D eigenvalue weighted by Crippen LogP contribution is 2.19. The molecule has 1 aromatic rings. The summed E-state index contributed by atoms with van der Waals surface area (Å²) in [7, 11) is 1.91. The van der Waals surface area contributed by atoms with Gasteiger partial charge in [0.05, 0.1) is 12.0 Å². The average Bonchev–Trinajstić information content (AvgIpc) is 2.75. The lowest BCUT2D eigenvalue weighted by Crippen LogP contribution is -2.35. The van der Waals surface area contributed by atoms with E-state index in [1.165, 1.54) is 0 Å². The molecule has 2 rings (SSSR count). The molecule has 1 fully saturated rings. The molecule has 0 saturated carbocycles. The number of aliphatic carboxylic acids is 1. The summed E-state index contributed by atoms with van der Waals surface area (Å²) in [5.41, 5.74) is 0.936. The first kappa shape index (κ1) is 10.2. The van der Waals surface area contributed by atoms with Crippen LogP contribution in [0.1, 0.15) is 18.5 Å². The van der Waals surface area contributed by atoms with Gasteiger partial charge in [-0.15, -0.1) is 0 Å². The monoisotopic (exact) mass is 209 g/mol. The molecular weight excluding hydrogens is 194 g/mol. The zero-order valence-electron chi connectivity index (χ0n) is 8.76. The van der Waals surface area contributed by atoms with Crippen LogP contribution in [-0.2, 0) is 18.4 Å². The second-order valence-corrected chi connectivity index (χ2v) is 4.00. The van der Waals surface area contributed by atoms with E-state index >= 15 is 0 Å². The standard InChI is InChI=1S/C10H15N3O2/c1-12-5-8(11-7-12)6-13-4-2-3-9(13)10(14)15/h5,7,9H,2-4,6H2,1H3,(H,14,15). The smallest absolute Gasteiger partial charge is 0.320 e. The van der Waals surface area contributed by atoms with Gasteiger partial charge in [0.1, 0.15) is 6.04 Å². The molecule has 0 spiro atoms. The van der Waals surface area contributed by atoms with Crippen LogP contribution < -0.4 is 0 Å². The number of nitrogens with zero attached hydrogens (tertiary/aromatic N) is 3. The molecule has 5 nitrogen and oxygen atoms in total. The Morgan fingerprint density at radius 1 is 1.73 bits per heavy atom. The van der Waals surface area contributed by atoms with Crippen molar-refractivity contribution in [2.45, 2.75) is 25.4 Å². The van der Waals surface area contributed by atoms with Gasteiger partial charge in [-0.25, -0.2) is 4.98 Å². The fourth-order valence-corrected chi connectivity index (χ4v) is 2.05. The van der Waals surface area contributed by atoms with Crippen molar-refractivity contribution in [2.24, 2.45) is 7.05 Å². The predicted octanol–water partition coefficient (Wildman–Crippen LogP) is 0.469. The summed E-state index contributed by atoms with van der Waals surface area (Å²) in [6.45, 7) is 1.49. The molecule has 0 radical (unpaired) electrons. The number of likely N-dealkylation sites (tertiary alicyclic amines) is 1. The lowest BCUT2D eigenvalue weighted by molar-refractivity contribution is -0.142. The van der Waals surface area contributed by atoms with E-state index in [-0.39, 0.29) is 6.04 Å². The minimum absolute atomic E-state index is 0.327. The Morgan fingerprint density at radius 3 is 3.13 bits per heavy atom. The maximum Gasteiger partial charge on any atom is 0.320 e. The fourth-order valence-electron chi connectivity index (χ4n) is 2.05. The molecule has 5 heteroatoms. The summed E-state index contributed by atoms with van der Waals surface area (Å²) < 4.78 is 1.88. The van der Waals surface area contributed by atoms with E-state index in [1.54, 1.807) is 6.33 Å². The van der Waals surface area contributed by atoms with Gasteiger partial charge in [-0.1, -0.05) is 0 Å². The first-order valence-corrected chi connectivity index (χ1v) is 5.10. The van der Waals surface area contributed by atoms with Gasteiger partial charge in [-0.05, 0) is 19.4 Å². The van der Waals surface area contributed by atoms with E-state index in [4.69, 9.17) is 5.11 Å². The number of hydrogen-bond acceptors (Lipinski definition) is 3. The molecule has 82 valence electrons. The molecule has 1 aromatic heterocycles. The molecule has 1 aliphatic heterocycles. The Kier molecular flexibility index (Phi) is 2.73. The molecule has 0 bridgehead atoms. The molecule has 1 unspecified atom stereocenters. The summed E-state index contributed by atoms with van der Waals surface area (Å²) in [4.78, 5) is 17.1. The van der Waals surface area contributed by atoms with Crippen molar-refractivity contribution in [3.63, 3.8) is 0 Å². The SMILES string of the molecule is Cn1cnc(CN2CCCC2C(=O)O)c1. The van der Waals surface area contributed by atoms with E-state index in [1.807, 2.05) is 22.7 Å². The van der Waals surface area contributed by atoms with Gasteiger partial charge in [0, 0.05) is 19.8 Å². The highest BCUT2D eigenvalue weighted by molar-refractivity contribution is 5.73. The summed E-state index contributed by atoms with van der Waals surface area (Å²) in [6.07, 6.45) is 5.38. The Morgan fingerprint density at radius 2 is 2.53 bits per heavy atom. The van der Waals surface area contributed by atoms with Gasteiger partial charge in [0.15, 0.2) is 0 Å². The Bertz CT molecular complexity index is 361. The molecule has 1 atom stereocenters. The quantitative estimate of drug-likeness (QED) is 0.786. The number of carboxylic acid groups (broad SMARTS) is 1. The normalized spacial score (nSPS) is 22.1. The highest BCUT2D eigenvalue weighted by Gasteiger charge is 2.30. The number of carboxylic acids is 1. The largest absolute Gasteiger partial charge is 0.480 e. The van der Waals surface area contributed by atoms with E-state index in [9.17, 15) is 4.79 Å². The zero-order chi connectivity index (χ0) is 10.8. The predicted molar refractivity (Wildman–Crippen MR) is 54.3 cm³/mol. The third-order valence-electron chi connectivity index (χ3n) is 2.77. The molecule has 1 aliphatic rings. The van der Waals surface area contributed by atoms with Crippen molar-refractivity contribution in [1.29, 1.82) is 0 Å². The molecule has 0 aliphatic carbocycles. The van der Waals surface area contributed by atoms with Gasteiger partial charge in [-0.3, -0.25) is 9.69 Å². The molecule has 1 saturated heterocycles. The second-order valence-electron chi connectivity index (χ2n) is 4.00. The lowest BCUT2D eigenvalue weighted by Gasteiger charge is -2.19. The van der Waals surface area contributed by atoms with Gasteiger partial charge in [0.2, 0.25) is 0 Å².